The number of carbonyl (C=O) groups is 1. The molecule has 0 saturated carbocycles. The second-order valence-corrected chi connectivity index (χ2v) is 8.82. The summed E-state index contributed by atoms with van der Waals surface area (Å²) in [6, 6.07) is 6.20. The number of rotatable bonds is 8. The molecule has 1 aromatic carbocycles. The van der Waals surface area contributed by atoms with E-state index in [0.717, 1.165) is 13.0 Å². The number of likely N-dealkylation sites (tertiary alicyclic amines) is 1. The second-order valence-electron chi connectivity index (χ2n) is 6.15. The molecule has 0 spiro atoms. The molecule has 1 aromatic rings. The molecule has 1 aliphatic heterocycles. The van der Waals surface area contributed by atoms with Gasteiger partial charge >= 0.3 is 0 Å². The first-order chi connectivity index (χ1) is 11.8. The zero-order valence-electron chi connectivity index (χ0n) is 14.7. The molecule has 1 heterocycles. The maximum absolute atomic E-state index is 12.2. The summed E-state index contributed by atoms with van der Waals surface area (Å²) >= 11 is 1.52. The third-order valence-electron chi connectivity index (χ3n) is 4.19. The Labute approximate surface area is 165 Å². The van der Waals surface area contributed by atoms with Crippen LogP contribution in [0, 0.1) is 5.92 Å². The summed E-state index contributed by atoms with van der Waals surface area (Å²) in [4.78, 5) is 14.2. The molecule has 0 aliphatic carbocycles. The van der Waals surface area contributed by atoms with Crippen LogP contribution in [0.5, 0.6) is 5.75 Å². The third kappa shape index (κ3) is 6.62. The maximum atomic E-state index is 12.2. The molecular weight excluding hydrogens is 398 g/mol. The Morgan fingerprint density at radius 1 is 1.35 bits per heavy atom. The zero-order valence-corrected chi connectivity index (χ0v) is 17.1. The minimum Gasteiger partial charge on any atom is -0.493 e. The molecule has 1 amide bonds. The van der Waals surface area contributed by atoms with Crippen molar-refractivity contribution in [1.82, 2.24) is 4.90 Å². The highest BCUT2D eigenvalue weighted by Gasteiger charge is 2.31. The number of nitrogens with zero attached hydrogens (tertiary/aromatic N) is 1. The molecule has 1 aliphatic rings. The molecule has 0 radical (unpaired) electrons. The number of hydrogen-bond acceptors (Lipinski definition) is 6. The van der Waals surface area contributed by atoms with E-state index in [4.69, 9.17) is 15.6 Å². The Kier molecular flexibility index (Phi) is 9.18. The van der Waals surface area contributed by atoms with E-state index in [1.54, 1.807) is 12.1 Å². The van der Waals surface area contributed by atoms with E-state index in [2.05, 4.69) is 6.92 Å². The number of sulfonamides is 1. The zero-order chi connectivity index (χ0) is 18.4. The molecule has 26 heavy (non-hydrogen) atoms. The summed E-state index contributed by atoms with van der Waals surface area (Å²) in [6.45, 7) is 3.88. The highest BCUT2D eigenvalue weighted by molar-refractivity contribution is 7.99. The van der Waals surface area contributed by atoms with Gasteiger partial charge in [-0.1, -0.05) is 0 Å². The van der Waals surface area contributed by atoms with Crippen molar-refractivity contribution in [3.05, 3.63) is 24.3 Å². The van der Waals surface area contributed by atoms with E-state index in [9.17, 15) is 13.2 Å². The fourth-order valence-corrected chi connectivity index (χ4v) is 4.05. The van der Waals surface area contributed by atoms with Crippen LogP contribution < -0.4 is 15.6 Å². The normalized spacial score (nSPS) is 19.9. The summed E-state index contributed by atoms with van der Waals surface area (Å²) in [6.07, 6.45) is 0.977. The van der Waals surface area contributed by atoms with Crippen molar-refractivity contribution in [2.75, 3.05) is 31.2 Å². The van der Waals surface area contributed by atoms with Gasteiger partial charge in [0, 0.05) is 18.3 Å². The van der Waals surface area contributed by atoms with Gasteiger partial charge in [0.05, 0.1) is 17.3 Å². The van der Waals surface area contributed by atoms with Gasteiger partial charge in [-0.25, -0.2) is 13.6 Å². The average molecular weight is 424 g/mol. The smallest absolute Gasteiger partial charge is 0.238 e. The van der Waals surface area contributed by atoms with Crippen LogP contribution >= 0.6 is 24.2 Å². The first-order valence-electron chi connectivity index (χ1n) is 8.14. The number of thioether (sulfide) groups is 1. The highest BCUT2D eigenvalue weighted by atomic mass is 35.5. The summed E-state index contributed by atoms with van der Waals surface area (Å²) in [5.74, 6) is 2.22. The van der Waals surface area contributed by atoms with Gasteiger partial charge < -0.3 is 15.4 Å². The number of amides is 1. The van der Waals surface area contributed by atoms with Crippen LogP contribution in [0.4, 0.5) is 0 Å². The van der Waals surface area contributed by atoms with Crippen LogP contribution in [-0.2, 0) is 14.8 Å². The molecule has 10 heteroatoms. The van der Waals surface area contributed by atoms with Crippen molar-refractivity contribution >= 4 is 40.1 Å². The van der Waals surface area contributed by atoms with E-state index < -0.39 is 10.0 Å². The van der Waals surface area contributed by atoms with E-state index >= 15 is 0 Å². The van der Waals surface area contributed by atoms with Crippen LogP contribution in [0.15, 0.2) is 29.2 Å². The number of nitrogens with two attached hydrogens (primary N) is 2. The summed E-state index contributed by atoms with van der Waals surface area (Å²) < 4.78 is 27.9. The lowest BCUT2D eigenvalue weighted by Crippen LogP contribution is -2.35. The van der Waals surface area contributed by atoms with Crippen molar-refractivity contribution in [2.45, 2.75) is 24.3 Å². The number of benzene rings is 1. The third-order valence-corrected chi connectivity index (χ3v) is 6.02. The van der Waals surface area contributed by atoms with Crippen molar-refractivity contribution in [3.63, 3.8) is 0 Å². The largest absolute Gasteiger partial charge is 0.493 e. The Morgan fingerprint density at radius 3 is 2.54 bits per heavy atom. The molecule has 7 nitrogen and oxygen atoms in total. The van der Waals surface area contributed by atoms with E-state index in [0.29, 0.717) is 36.3 Å². The Bertz CT molecular complexity index is 685. The number of carbonyl (C=O) groups excluding carboxylic acids is 1. The Morgan fingerprint density at radius 2 is 2.00 bits per heavy atom. The van der Waals surface area contributed by atoms with Gasteiger partial charge in [-0.15, -0.1) is 24.2 Å². The Hall–Kier alpha value is -1.00. The lowest BCUT2D eigenvalue weighted by atomic mass is 10.1. The van der Waals surface area contributed by atoms with Gasteiger partial charge in [0.2, 0.25) is 15.9 Å². The van der Waals surface area contributed by atoms with Crippen molar-refractivity contribution in [3.8, 4) is 5.75 Å². The Balaban J connectivity index is 0.00000338. The molecule has 2 atom stereocenters. The lowest BCUT2D eigenvalue weighted by molar-refractivity contribution is -0.128. The van der Waals surface area contributed by atoms with Crippen LogP contribution in [0.1, 0.15) is 13.3 Å². The predicted molar refractivity (Wildman–Crippen MR) is 106 cm³/mol. The molecule has 4 N–H and O–H groups in total. The topological polar surface area (TPSA) is 116 Å². The SMILES string of the molecule is CC1CC(CN)CN1C(=O)CSCCOc1ccc(S(N)(=O)=O)cc1.Cl. The van der Waals surface area contributed by atoms with Gasteiger partial charge in [0.1, 0.15) is 5.75 Å². The molecule has 0 aromatic heterocycles. The average Bonchev–Trinajstić information content (AvgIpc) is 2.95. The summed E-state index contributed by atoms with van der Waals surface area (Å²) in [5.41, 5.74) is 5.69. The van der Waals surface area contributed by atoms with Crippen molar-refractivity contribution in [2.24, 2.45) is 16.8 Å². The minimum atomic E-state index is -3.69. The summed E-state index contributed by atoms with van der Waals surface area (Å²) in [7, 11) is -3.69. The second kappa shape index (κ2) is 10.4. The first-order valence-corrected chi connectivity index (χ1v) is 10.8. The van der Waals surface area contributed by atoms with Crippen LogP contribution in [-0.4, -0.2) is 56.5 Å². The lowest BCUT2D eigenvalue weighted by Gasteiger charge is -2.21. The monoisotopic (exact) mass is 423 g/mol. The van der Waals surface area contributed by atoms with E-state index in [-0.39, 0.29) is 29.3 Å². The van der Waals surface area contributed by atoms with Gasteiger partial charge in [0.25, 0.3) is 0 Å². The van der Waals surface area contributed by atoms with Crippen LogP contribution in [0.3, 0.4) is 0 Å². The quantitative estimate of drug-likeness (QED) is 0.604. The number of ether oxygens (including phenoxy) is 1. The van der Waals surface area contributed by atoms with E-state index in [1.807, 2.05) is 4.90 Å². The number of primary sulfonamides is 1. The predicted octanol–water partition coefficient (Wildman–Crippen LogP) is 1.06. The first kappa shape index (κ1) is 23.0. The fourth-order valence-electron chi connectivity index (χ4n) is 2.85. The molecule has 2 unspecified atom stereocenters. The molecule has 2 rings (SSSR count). The number of hydrogen-bond donors (Lipinski definition) is 2. The minimum absolute atomic E-state index is 0. The molecular formula is C16H26ClN3O4S2. The van der Waals surface area contributed by atoms with Gasteiger partial charge in [-0.3, -0.25) is 4.79 Å². The fraction of sp³-hybridized carbons (Fsp3) is 0.562. The van der Waals surface area contributed by atoms with Gasteiger partial charge in [-0.05, 0) is 50.1 Å². The standard InChI is InChI=1S/C16H25N3O4S2.ClH/c1-12-8-13(9-17)10-19(12)16(20)11-24-7-6-23-14-2-4-15(5-3-14)25(18,21)22;/h2-5,12-13H,6-11,17H2,1H3,(H2,18,21,22);1H. The van der Waals surface area contributed by atoms with Crippen LogP contribution in [0.2, 0.25) is 0 Å². The van der Waals surface area contributed by atoms with Gasteiger partial charge in [0.15, 0.2) is 0 Å². The van der Waals surface area contributed by atoms with Crippen molar-refractivity contribution < 1.29 is 17.9 Å². The maximum Gasteiger partial charge on any atom is 0.238 e. The van der Waals surface area contributed by atoms with E-state index in [1.165, 1.54) is 23.9 Å². The number of halogens is 1. The summed E-state index contributed by atoms with van der Waals surface area (Å²) in [5, 5.41) is 5.04. The molecule has 1 saturated heterocycles. The van der Waals surface area contributed by atoms with Gasteiger partial charge in [-0.2, -0.15) is 0 Å². The molecule has 148 valence electrons. The molecule has 1 fully saturated rings. The van der Waals surface area contributed by atoms with Crippen molar-refractivity contribution in [1.29, 1.82) is 0 Å². The highest BCUT2D eigenvalue weighted by Crippen LogP contribution is 2.23. The van der Waals surface area contributed by atoms with Crippen LogP contribution in [0.25, 0.3) is 0 Å². The molecule has 0 bridgehead atoms.